The lowest BCUT2D eigenvalue weighted by atomic mass is 9.88. The van der Waals surface area contributed by atoms with Crippen molar-refractivity contribution >= 4 is 11.9 Å². The molecule has 15 heavy (non-hydrogen) atoms. The Morgan fingerprint density at radius 2 is 2.20 bits per heavy atom. The summed E-state index contributed by atoms with van der Waals surface area (Å²) in [5, 5.41) is 5.79. The number of hydrogen-bond donors (Lipinski definition) is 2. The average Bonchev–Trinajstić information content (AvgIpc) is 2.65. The molecular formula is C10H18N2O3. The van der Waals surface area contributed by atoms with E-state index >= 15 is 0 Å². The van der Waals surface area contributed by atoms with Gasteiger partial charge in [0.2, 0.25) is 5.91 Å². The van der Waals surface area contributed by atoms with Gasteiger partial charge in [-0.3, -0.25) is 4.79 Å². The number of nitrogens with one attached hydrogen (secondary N) is 2. The van der Waals surface area contributed by atoms with E-state index in [-0.39, 0.29) is 5.91 Å². The third-order valence-corrected chi connectivity index (χ3v) is 2.82. The molecule has 2 unspecified atom stereocenters. The Morgan fingerprint density at radius 1 is 1.53 bits per heavy atom. The van der Waals surface area contributed by atoms with E-state index in [0.29, 0.717) is 6.54 Å². The van der Waals surface area contributed by atoms with Crippen LogP contribution in [0.15, 0.2) is 0 Å². The van der Waals surface area contributed by atoms with Gasteiger partial charge in [-0.15, -0.1) is 0 Å². The fourth-order valence-corrected chi connectivity index (χ4v) is 1.62. The van der Waals surface area contributed by atoms with Crippen molar-refractivity contribution < 1.29 is 14.3 Å². The summed E-state index contributed by atoms with van der Waals surface area (Å²) in [6.07, 6.45) is 0.798. The number of methoxy groups -OCH3 is 1. The zero-order valence-corrected chi connectivity index (χ0v) is 9.42. The topological polar surface area (TPSA) is 67.4 Å². The van der Waals surface area contributed by atoms with Crippen LogP contribution in [0.1, 0.15) is 20.3 Å². The first kappa shape index (κ1) is 12.0. The number of rotatable bonds is 3. The van der Waals surface area contributed by atoms with Gasteiger partial charge in [0.25, 0.3) is 0 Å². The summed E-state index contributed by atoms with van der Waals surface area (Å²) in [7, 11) is 1.31. The summed E-state index contributed by atoms with van der Waals surface area (Å²) in [6, 6.07) is -0.583. The lowest BCUT2D eigenvalue weighted by Crippen LogP contribution is -2.47. The van der Waals surface area contributed by atoms with Gasteiger partial charge in [0.05, 0.1) is 12.5 Å². The van der Waals surface area contributed by atoms with Gasteiger partial charge in [-0.1, -0.05) is 0 Å². The minimum atomic E-state index is -0.583. The van der Waals surface area contributed by atoms with Gasteiger partial charge in [0.1, 0.15) is 6.04 Å². The fraction of sp³-hybridized carbons (Fsp3) is 0.800. The molecule has 1 amide bonds. The van der Waals surface area contributed by atoms with Crippen LogP contribution < -0.4 is 10.6 Å². The average molecular weight is 214 g/mol. The van der Waals surface area contributed by atoms with Crippen LogP contribution in [0.3, 0.4) is 0 Å². The van der Waals surface area contributed by atoms with Gasteiger partial charge in [-0.25, -0.2) is 4.79 Å². The zero-order valence-electron chi connectivity index (χ0n) is 9.42. The Bertz CT molecular complexity index is 259. The molecule has 1 aliphatic heterocycles. The third kappa shape index (κ3) is 2.68. The van der Waals surface area contributed by atoms with Crippen LogP contribution in [0.25, 0.3) is 0 Å². The molecule has 5 heteroatoms. The smallest absolute Gasteiger partial charge is 0.328 e. The second-order valence-electron chi connectivity index (χ2n) is 4.21. The molecular weight excluding hydrogens is 196 g/mol. The van der Waals surface area contributed by atoms with E-state index < -0.39 is 17.4 Å². The molecule has 1 fully saturated rings. The number of ether oxygens (including phenoxy) is 1. The van der Waals surface area contributed by atoms with Crippen LogP contribution in [0, 0.1) is 5.41 Å². The van der Waals surface area contributed by atoms with E-state index in [1.54, 1.807) is 6.92 Å². The third-order valence-electron chi connectivity index (χ3n) is 2.82. The molecule has 0 aliphatic carbocycles. The number of carbonyl (C=O) groups is 2. The van der Waals surface area contributed by atoms with Crippen molar-refractivity contribution in [3.8, 4) is 0 Å². The Balaban J connectivity index is 2.51. The van der Waals surface area contributed by atoms with Gasteiger partial charge in [-0.2, -0.15) is 0 Å². The molecule has 2 N–H and O–H groups in total. The Kier molecular flexibility index (Phi) is 3.68. The van der Waals surface area contributed by atoms with Gasteiger partial charge >= 0.3 is 5.97 Å². The van der Waals surface area contributed by atoms with Crippen LogP contribution in [0.2, 0.25) is 0 Å². The first-order valence-corrected chi connectivity index (χ1v) is 5.09. The van der Waals surface area contributed by atoms with Crippen molar-refractivity contribution in [2.75, 3.05) is 20.2 Å². The van der Waals surface area contributed by atoms with Gasteiger partial charge in [0.15, 0.2) is 0 Å². The maximum absolute atomic E-state index is 11.8. The summed E-state index contributed by atoms with van der Waals surface area (Å²) in [4.78, 5) is 23.0. The highest BCUT2D eigenvalue weighted by atomic mass is 16.5. The molecule has 0 spiro atoms. The molecule has 1 rings (SSSR count). The molecule has 0 bridgehead atoms. The molecule has 2 atom stereocenters. The van der Waals surface area contributed by atoms with E-state index in [0.717, 1.165) is 13.0 Å². The minimum Gasteiger partial charge on any atom is -0.467 e. The molecule has 0 aromatic heterocycles. The maximum atomic E-state index is 11.8. The van der Waals surface area contributed by atoms with Crippen LogP contribution in [-0.2, 0) is 14.3 Å². The van der Waals surface area contributed by atoms with Gasteiger partial charge in [-0.05, 0) is 26.8 Å². The first-order valence-electron chi connectivity index (χ1n) is 5.09. The second-order valence-corrected chi connectivity index (χ2v) is 4.21. The normalized spacial score (nSPS) is 27.1. The predicted octanol–water partition coefficient (Wildman–Crippen LogP) is -0.336. The predicted molar refractivity (Wildman–Crippen MR) is 55.2 cm³/mol. The Labute approximate surface area is 89.6 Å². The summed E-state index contributed by atoms with van der Waals surface area (Å²) in [5.41, 5.74) is -0.401. The maximum Gasteiger partial charge on any atom is 0.328 e. The molecule has 0 aromatic carbocycles. The molecule has 1 heterocycles. The van der Waals surface area contributed by atoms with Crippen molar-refractivity contribution in [1.29, 1.82) is 0 Å². The lowest BCUT2D eigenvalue weighted by Gasteiger charge is -2.23. The first-order chi connectivity index (χ1) is 6.99. The van der Waals surface area contributed by atoms with Crippen LogP contribution in [-0.4, -0.2) is 38.1 Å². The second kappa shape index (κ2) is 4.61. The summed E-state index contributed by atoms with van der Waals surface area (Å²) >= 11 is 0. The summed E-state index contributed by atoms with van der Waals surface area (Å²) in [6.45, 7) is 5.02. The number of hydrogen-bond acceptors (Lipinski definition) is 4. The molecule has 1 saturated heterocycles. The van der Waals surface area contributed by atoms with Crippen molar-refractivity contribution in [2.45, 2.75) is 26.3 Å². The quantitative estimate of drug-likeness (QED) is 0.631. The largest absolute Gasteiger partial charge is 0.467 e. The van der Waals surface area contributed by atoms with Crippen LogP contribution in [0.5, 0.6) is 0 Å². The van der Waals surface area contributed by atoms with Crippen molar-refractivity contribution in [3.05, 3.63) is 0 Å². The van der Waals surface area contributed by atoms with E-state index in [4.69, 9.17) is 0 Å². The number of amides is 1. The summed E-state index contributed by atoms with van der Waals surface area (Å²) < 4.78 is 4.54. The van der Waals surface area contributed by atoms with Gasteiger partial charge in [0, 0.05) is 6.54 Å². The molecule has 5 nitrogen and oxygen atoms in total. The molecule has 1 aliphatic rings. The lowest BCUT2D eigenvalue weighted by molar-refractivity contribution is -0.145. The van der Waals surface area contributed by atoms with Crippen molar-refractivity contribution in [3.63, 3.8) is 0 Å². The van der Waals surface area contributed by atoms with Crippen molar-refractivity contribution in [2.24, 2.45) is 5.41 Å². The van der Waals surface area contributed by atoms with Crippen molar-refractivity contribution in [1.82, 2.24) is 10.6 Å². The summed E-state index contributed by atoms with van der Waals surface area (Å²) in [5.74, 6) is -0.511. The molecule has 0 radical (unpaired) electrons. The van der Waals surface area contributed by atoms with Gasteiger partial charge < -0.3 is 15.4 Å². The highest BCUT2D eigenvalue weighted by molar-refractivity contribution is 5.87. The highest BCUT2D eigenvalue weighted by Crippen LogP contribution is 2.24. The minimum absolute atomic E-state index is 0.0922. The fourth-order valence-electron chi connectivity index (χ4n) is 1.62. The molecule has 0 saturated carbocycles. The SMILES string of the molecule is COC(=O)C(C)NC(=O)C1(C)CCNC1. The highest BCUT2D eigenvalue weighted by Gasteiger charge is 2.37. The monoisotopic (exact) mass is 214 g/mol. The zero-order chi connectivity index (χ0) is 11.5. The van der Waals surface area contributed by atoms with E-state index in [9.17, 15) is 9.59 Å². The number of carbonyl (C=O) groups excluding carboxylic acids is 2. The van der Waals surface area contributed by atoms with Crippen LogP contribution in [0.4, 0.5) is 0 Å². The Hall–Kier alpha value is -1.10. The molecule has 86 valence electrons. The number of esters is 1. The molecule has 0 aromatic rings. The van der Waals surface area contributed by atoms with E-state index in [1.165, 1.54) is 7.11 Å². The van der Waals surface area contributed by atoms with E-state index in [2.05, 4.69) is 15.4 Å². The van der Waals surface area contributed by atoms with Crippen LogP contribution >= 0.6 is 0 Å². The Morgan fingerprint density at radius 3 is 2.67 bits per heavy atom. The standard InChI is InChI=1S/C10H18N2O3/c1-7(8(13)15-3)12-9(14)10(2)4-5-11-6-10/h7,11H,4-6H2,1-3H3,(H,12,14). The van der Waals surface area contributed by atoms with E-state index in [1.807, 2.05) is 6.92 Å².